The monoisotopic (exact) mass is 250 g/mol. The van der Waals surface area contributed by atoms with Crippen LogP contribution in [0.2, 0.25) is 0 Å². The molecule has 1 aromatic rings. The Hall–Kier alpha value is -2.04. The number of benzene rings is 1. The van der Waals surface area contributed by atoms with Crippen molar-refractivity contribution >= 4 is 12.0 Å². The average molecular weight is 250 g/mol. The molecule has 0 heterocycles. The molecule has 0 radical (unpaired) electrons. The number of urea groups is 1. The molecule has 0 spiro atoms. The summed E-state index contributed by atoms with van der Waals surface area (Å²) in [5, 5.41) is 13.9. The molecule has 0 saturated carbocycles. The van der Waals surface area contributed by atoms with E-state index in [4.69, 9.17) is 5.11 Å². The largest absolute Gasteiger partial charge is 0.480 e. The summed E-state index contributed by atoms with van der Waals surface area (Å²) in [4.78, 5) is 22.3. The van der Waals surface area contributed by atoms with E-state index in [1.54, 1.807) is 0 Å². The number of rotatable bonds is 5. The van der Waals surface area contributed by atoms with E-state index in [0.717, 1.165) is 5.56 Å². The lowest BCUT2D eigenvalue weighted by molar-refractivity contribution is -0.142. The van der Waals surface area contributed by atoms with Crippen molar-refractivity contribution in [2.24, 2.45) is 0 Å². The fourth-order valence-electron chi connectivity index (χ4n) is 1.35. The quantitative estimate of drug-likeness (QED) is 0.739. The SMILES string of the molecule is CC(C)(NC(=O)NCCc1ccccc1)C(=O)O. The van der Waals surface area contributed by atoms with Gasteiger partial charge in [0, 0.05) is 6.54 Å². The van der Waals surface area contributed by atoms with E-state index in [9.17, 15) is 9.59 Å². The second-order valence-electron chi connectivity index (χ2n) is 4.55. The molecule has 0 fully saturated rings. The molecular weight excluding hydrogens is 232 g/mol. The van der Waals surface area contributed by atoms with Gasteiger partial charge in [0.05, 0.1) is 0 Å². The maximum Gasteiger partial charge on any atom is 0.328 e. The standard InChI is InChI=1S/C13H18N2O3/c1-13(2,11(16)17)15-12(18)14-9-8-10-6-4-3-5-7-10/h3-7H,8-9H2,1-2H3,(H,16,17)(H2,14,15,18). The fourth-order valence-corrected chi connectivity index (χ4v) is 1.35. The van der Waals surface area contributed by atoms with E-state index in [2.05, 4.69) is 10.6 Å². The second kappa shape index (κ2) is 6.05. The predicted octanol–water partition coefficient (Wildman–Crippen LogP) is 1.39. The number of hydrogen-bond acceptors (Lipinski definition) is 2. The van der Waals surface area contributed by atoms with Crippen LogP contribution in [0.15, 0.2) is 30.3 Å². The van der Waals surface area contributed by atoms with E-state index >= 15 is 0 Å². The topological polar surface area (TPSA) is 78.4 Å². The minimum atomic E-state index is -1.27. The molecule has 1 aromatic carbocycles. The summed E-state index contributed by atoms with van der Waals surface area (Å²) in [5.74, 6) is -1.07. The van der Waals surface area contributed by atoms with E-state index in [1.165, 1.54) is 13.8 Å². The molecule has 5 heteroatoms. The number of carbonyl (C=O) groups is 2. The molecule has 0 saturated heterocycles. The molecule has 0 aromatic heterocycles. The highest BCUT2D eigenvalue weighted by atomic mass is 16.4. The lowest BCUT2D eigenvalue weighted by atomic mass is 10.1. The Bertz CT molecular complexity index is 416. The van der Waals surface area contributed by atoms with Crippen LogP contribution in [0.1, 0.15) is 19.4 Å². The first-order valence-corrected chi connectivity index (χ1v) is 5.75. The molecular formula is C13H18N2O3. The highest BCUT2D eigenvalue weighted by Crippen LogP contribution is 2.01. The molecule has 0 aliphatic heterocycles. The average Bonchev–Trinajstić information content (AvgIpc) is 2.29. The van der Waals surface area contributed by atoms with Crippen LogP contribution in [-0.2, 0) is 11.2 Å². The lowest BCUT2D eigenvalue weighted by Crippen LogP contribution is -2.53. The van der Waals surface area contributed by atoms with Crippen LogP contribution in [0.4, 0.5) is 4.79 Å². The van der Waals surface area contributed by atoms with Crippen LogP contribution in [0.3, 0.4) is 0 Å². The molecule has 1 rings (SSSR count). The van der Waals surface area contributed by atoms with Gasteiger partial charge in [-0.1, -0.05) is 30.3 Å². The number of nitrogens with one attached hydrogen (secondary N) is 2. The third-order valence-electron chi connectivity index (χ3n) is 2.50. The number of carbonyl (C=O) groups excluding carboxylic acids is 1. The molecule has 0 bridgehead atoms. The minimum absolute atomic E-state index is 0.464. The summed E-state index contributed by atoms with van der Waals surface area (Å²) >= 11 is 0. The first-order chi connectivity index (χ1) is 8.42. The van der Waals surface area contributed by atoms with Gasteiger partial charge in [-0.05, 0) is 25.8 Å². The van der Waals surface area contributed by atoms with Crippen molar-refractivity contribution < 1.29 is 14.7 Å². The van der Waals surface area contributed by atoms with Crippen LogP contribution >= 0.6 is 0 Å². The minimum Gasteiger partial charge on any atom is -0.480 e. The number of hydrogen-bond donors (Lipinski definition) is 3. The van der Waals surface area contributed by atoms with Crippen LogP contribution in [0, 0.1) is 0 Å². The number of aliphatic carboxylic acids is 1. The Kier molecular flexibility index (Phi) is 4.71. The molecule has 18 heavy (non-hydrogen) atoms. The van der Waals surface area contributed by atoms with Gasteiger partial charge in [-0.15, -0.1) is 0 Å². The molecule has 2 amide bonds. The van der Waals surface area contributed by atoms with E-state index in [0.29, 0.717) is 13.0 Å². The van der Waals surface area contributed by atoms with Crippen molar-refractivity contribution in [3.05, 3.63) is 35.9 Å². The van der Waals surface area contributed by atoms with Gasteiger partial charge in [-0.3, -0.25) is 0 Å². The van der Waals surface area contributed by atoms with Crippen LogP contribution < -0.4 is 10.6 Å². The summed E-state index contributed by atoms with van der Waals surface area (Å²) in [6, 6.07) is 9.27. The summed E-state index contributed by atoms with van der Waals surface area (Å²) in [6.07, 6.45) is 0.710. The van der Waals surface area contributed by atoms with E-state index in [-0.39, 0.29) is 0 Å². The van der Waals surface area contributed by atoms with Crippen molar-refractivity contribution in [1.29, 1.82) is 0 Å². The first-order valence-electron chi connectivity index (χ1n) is 5.75. The van der Waals surface area contributed by atoms with E-state index in [1.807, 2.05) is 30.3 Å². The van der Waals surface area contributed by atoms with Crippen LogP contribution in [-0.4, -0.2) is 29.2 Å². The van der Waals surface area contributed by atoms with Gasteiger partial charge in [0.25, 0.3) is 0 Å². The summed E-state index contributed by atoms with van der Waals surface area (Å²) in [7, 11) is 0. The molecule has 0 unspecified atom stereocenters. The highest BCUT2D eigenvalue weighted by Gasteiger charge is 2.28. The summed E-state index contributed by atoms with van der Waals surface area (Å²) in [6.45, 7) is 3.34. The number of carboxylic acids is 1. The number of carboxylic acid groups (broad SMARTS) is 1. The Morgan fingerprint density at radius 1 is 1.22 bits per heavy atom. The molecule has 0 aliphatic rings. The lowest BCUT2D eigenvalue weighted by Gasteiger charge is -2.21. The maximum atomic E-state index is 11.5. The molecule has 3 N–H and O–H groups in total. The Morgan fingerprint density at radius 3 is 2.39 bits per heavy atom. The Balaban J connectivity index is 2.32. The molecule has 0 aliphatic carbocycles. The second-order valence-corrected chi connectivity index (χ2v) is 4.55. The van der Waals surface area contributed by atoms with Gasteiger partial charge in [-0.2, -0.15) is 0 Å². The van der Waals surface area contributed by atoms with Crippen molar-refractivity contribution in [1.82, 2.24) is 10.6 Å². The first kappa shape index (κ1) is 14.0. The van der Waals surface area contributed by atoms with Gasteiger partial charge in [0.15, 0.2) is 0 Å². The zero-order valence-electron chi connectivity index (χ0n) is 10.6. The molecule has 0 atom stereocenters. The van der Waals surface area contributed by atoms with Gasteiger partial charge in [-0.25, -0.2) is 9.59 Å². The third-order valence-corrected chi connectivity index (χ3v) is 2.50. The van der Waals surface area contributed by atoms with Crippen molar-refractivity contribution in [3.63, 3.8) is 0 Å². The number of amides is 2. The Labute approximate surface area is 106 Å². The third kappa shape index (κ3) is 4.45. The van der Waals surface area contributed by atoms with Crippen molar-refractivity contribution in [2.45, 2.75) is 25.8 Å². The maximum absolute atomic E-state index is 11.5. The molecule has 5 nitrogen and oxygen atoms in total. The predicted molar refractivity (Wildman–Crippen MR) is 68.4 cm³/mol. The summed E-state index contributed by atoms with van der Waals surface area (Å²) < 4.78 is 0. The van der Waals surface area contributed by atoms with Gasteiger partial charge >= 0.3 is 12.0 Å². The smallest absolute Gasteiger partial charge is 0.328 e. The Morgan fingerprint density at radius 2 is 1.83 bits per heavy atom. The van der Waals surface area contributed by atoms with Crippen molar-refractivity contribution in [2.75, 3.05) is 6.54 Å². The van der Waals surface area contributed by atoms with Crippen LogP contribution in [0.5, 0.6) is 0 Å². The molecule has 98 valence electrons. The summed E-state index contributed by atoms with van der Waals surface area (Å²) in [5.41, 5.74) is -0.146. The van der Waals surface area contributed by atoms with Crippen molar-refractivity contribution in [3.8, 4) is 0 Å². The highest BCUT2D eigenvalue weighted by molar-refractivity contribution is 5.85. The fraction of sp³-hybridized carbons (Fsp3) is 0.385. The zero-order chi connectivity index (χ0) is 13.6. The van der Waals surface area contributed by atoms with Gasteiger partial charge < -0.3 is 15.7 Å². The van der Waals surface area contributed by atoms with Gasteiger partial charge in [0.2, 0.25) is 0 Å². The zero-order valence-corrected chi connectivity index (χ0v) is 10.6. The van der Waals surface area contributed by atoms with E-state index < -0.39 is 17.5 Å². The normalized spacial score (nSPS) is 10.8. The van der Waals surface area contributed by atoms with Gasteiger partial charge in [0.1, 0.15) is 5.54 Å². The van der Waals surface area contributed by atoms with Crippen LogP contribution in [0.25, 0.3) is 0 Å².